The zero-order valence-electron chi connectivity index (χ0n) is 14.4. The number of piperidine rings is 1. The first-order chi connectivity index (χ1) is 12.1. The van der Waals surface area contributed by atoms with Gasteiger partial charge in [0.05, 0.1) is 6.42 Å². The van der Waals surface area contributed by atoms with Crippen molar-refractivity contribution in [1.29, 1.82) is 0 Å². The van der Waals surface area contributed by atoms with E-state index in [0.717, 1.165) is 18.4 Å². The van der Waals surface area contributed by atoms with E-state index in [0.29, 0.717) is 25.1 Å². The number of carbonyl (C=O) groups excluding carboxylic acids is 2. The molecular formula is C20H23N3O2. The maximum absolute atomic E-state index is 12.5. The Balaban J connectivity index is 1.48. The maximum Gasteiger partial charge on any atom is 0.251 e. The van der Waals surface area contributed by atoms with Crippen LogP contribution in [0.3, 0.4) is 0 Å². The summed E-state index contributed by atoms with van der Waals surface area (Å²) in [7, 11) is 0. The van der Waals surface area contributed by atoms with Gasteiger partial charge in [-0.25, -0.2) is 0 Å². The summed E-state index contributed by atoms with van der Waals surface area (Å²) in [4.78, 5) is 30.5. The fourth-order valence-electron chi connectivity index (χ4n) is 3.15. The Morgan fingerprint density at radius 3 is 2.56 bits per heavy atom. The van der Waals surface area contributed by atoms with Crippen molar-refractivity contribution in [2.75, 3.05) is 13.1 Å². The smallest absolute Gasteiger partial charge is 0.251 e. The molecule has 0 saturated carbocycles. The lowest BCUT2D eigenvalue weighted by Gasteiger charge is -2.32. The Hall–Kier alpha value is -2.69. The van der Waals surface area contributed by atoms with E-state index >= 15 is 0 Å². The summed E-state index contributed by atoms with van der Waals surface area (Å²) in [6, 6.07) is 11.6. The van der Waals surface area contributed by atoms with Gasteiger partial charge in [-0.2, -0.15) is 0 Å². The highest BCUT2D eigenvalue weighted by Gasteiger charge is 2.24. The highest BCUT2D eigenvalue weighted by Crippen LogP contribution is 2.14. The molecule has 25 heavy (non-hydrogen) atoms. The molecule has 1 N–H and O–H groups in total. The molecule has 2 aromatic rings. The van der Waals surface area contributed by atoms with Gasteiger partial charge >= 0.3 is 0 Å². The zero-order valence-corrected chi connectivity index (χ0v) is 14.4. The largest absolute Gasteiger partial charge is 0.349 e. The Morgan fingerprint density at radius 1 is 1.16 bits per heavy atom. The molecular weight excluding hydrogens is 314 g/mol. The van der Waals surface area contributed by atoms with E-state index < -0.39 is 0 Å². The molecule has 0 atom stereocenters. The topological polar surface area (TPSA) is 62.3 Å². The third kappa shape index (κ3) is 4.66. The Labute approximate surface area is 148 Å². The van der Waals surface area contributed by atoms with E-state index in [1.807, 2.05) is 30.0 Å². The second-order valence-electron chi connectivity index (χ2n) is 6.53. The van der Waals surface area contributed by atoms with E-state index in [1.165, 1.54) is 5.56 Å². The van der Waals surface area contributed by atoms with Crippen molar-refractivity contribution in [3.63, 3.8) is 0 Å². The lowest BCUT2D eigenvalue weighted by molar-refractivity contribution is -0.131. The lowest BCUT2D eigenvalue weighted by atomic mass is 10.0. The van der Waals surface area contributed by atoms with Crippen LogP contribution in [-0.4, -0.2) is 40.8 Å². The maximum atomic E-state index is 12.5. The minimum atomic E-state index is -0.0769. The molecule has 1 aliphatic rings. The van der Waals surface area contributed by atoms with Crippen LogP contribution in [0.2, 0.25) is 0 Å². The first-order valence-corrected chi connectivity index (χ1v) is 8.66. The summed E-state index contributed by atoms with van der Waals surface area (Å²) >= 11 is 0. The van der Waals surface area contributed by atoms with Crippen LogP contribution < -0.4 is 5.32 Å². The standard InChI is InChI=1S/C20H23N3O2/c1-15-3-2-4-16(13-15)14-19(24)23-11-7-18(8-12-23)22-20(25)17-5-9-21-10-6-17/h2-6,9-10,13,18H,7-8,11-12,14H2,1H3,(H,22,25). The fourth-order valence-corrected chi connectivity index (χ4v) is 3.15. The molecule has 0 spiro atoms. The number of nitrogens with zero attached hydrogens (tertiary/aromatic N) is 2. The van der Waals surface area contributed by atoms with E-state index in [-0.39, 0.29) is 17.9 Å². The predicted octanol–water partition coefficient (Wildman–Crippen LogP) is 2.35. The van der Waals surface area contributed by atoms with Gasteiger partial charge in [0, 0.05) is 37.1 Å². The zero-order chi connectivity index (χ0) is 17.6. The van der Waals surface area contributed by atoms with Crippen molar-refractivity contribution in [2.45, 2.75) is 32.2 Å². The van der Waals surface area contributed by atoms with Crippen LogP contribution >= 0.6 is 0 Å². The van der Waals surface area contributed by atoms with Gasteiger partial charge < -0.3 is 10.2 Å². The van der Waals surface area contributed by atoms with Crippen molar-refractivity contribution < 1.29 is 9.59 Å². The monoisotopic (exact) mass is 337 g/mol. The average molecular weight is 337 g/mol. The molecule has 0 aliphatic carbocycles. The molecule has 1 saturated heterocycles. The number of hydrogen-bond donors (Lipinski definition) is 1. The van der Waals surface area contributed by atoms with Crippen LogP contribution in [0.5, 0.6) is 0 Å². The minimum absolute atomic E-state index is 0.0769. The highest BCUT2D eigenvalue weighted by atomic mass is 16.2. The van der Waals surface area contributed by atoms with Gasteiger partial charge in [0.2, 0.25) is 5.91 Å². The Morgan fingerprint density at radius 2 is 1.88 bits per heavy atom. The van der Waals surface area contributed by atoms with Gasteiger partial charge in [-0.1, -0.05) is 29.8 Å². The van der Waals surface area contributed by atoms with Gasteiger partial charge in [-0.05, 0) is 37.5 Å². The molecule has 2 heterocycles. The molecule has 0 unspecified atom stereocenters. The number of aromatic nitrogens is 1. The van der Waals surface area contributed by atoms with Crippen LogP contribution in [0, 0.1) is 6.92 Å². The number of nitrogens with one attached hydrogen (secondary N) is 1. The number of likely N-dealkylation sites (tertiary alicyclic amines) is 1. The minimum Gasteiger partial charge on any atom is -0.349 e. The molecule has 0 bridgehead atoms. The first kappa shape index (κ1) is 17.1. The number of pyridine rings is 1. The second-order valence-corrected chi connectivity index (χ2v) is 6.53. The summed E-state index contributed by atoms with van der Waals surface area (Å²) < 4.78 is 0. The van der Waals surface area contributed by atoms with Gasteiger partial charge in [0.25, 0.3) is 5.91 Å². The van der Waals surface area contributed by atoms with Crippen LogP contribution in [-0.2, 0) is 11.2 Å². The van der Waals surface area contributed by atoms with Crippen LogP contribution in [0.1, 0.15) is 34.3 Å². The number of benzene rings is 1. The Kier molecular flexibility index (Phi) is 5.43. The molecule has 130 valence electrons. The second kappa shape index (κ2) is 7.92. The summed E-state index contributed by atoms with van der Waals surface area (Å²) in [5.74, 6) is 0.0800. The van der Waals surface area contributed by atoms with Gasteiger partial charge in [-0.3, -0.25) is 14.6 Å². The number of aryl methyl sites for hydroxylation is 1. The van der Waals surface area contributed by atoms with Crippen molar-refractivity contribution in [3.8, 4) is 0 Å². The lowest BCUT2D eigenvalue weighted by Crippen LogP contribution is -2.47. The number of carbonyl (C=O) groups is 2. The molecule has 1 aliphatic heterocycles. The van der Waals surface area contributed by atoms with E-state index in [2.05, 4.69) is 16.4 Å². The van der Waals surface area contributed by atoms with E-state index in [9.17, 15) is 9.59 Å². The fraction of sp³-hybridized carbons (Fsp3) is 0.350. The first-order valence-electron chi connectivity index (χ1n) is 8.66. The van der Waals surface area contributed by atoms with Crippen molar-refractivity contribution in [3.05, 3.63) is 65.5 Å². The SMILES string of the molecule is Cc1cccc(CC(=O)N2CCC(NC(=O)c3ccncc3)CC2)c1. The normalized spacial score (nSPS) is 15.0. The number of rotatable bonds is 4. The summed E-state index contributed by atoms with van der Waals surface area (Å²) in [5.41, 5.74) is 2.84. The number of hydrogen-bond acceptors (Lipinski definition) is 3. The van der Waals surface area contributed by atoms with Gasteiger partial charge in [0.15, 0.2) is 0 Å². The summed E-state index contributed by atoms with van der Waals surface area (Å²) in [6.07, 6.45) is 5.24. The van der Waals surface area contributed by atoms with Crippen molar-refractivity contribution in [1.82, 2.24) is 15.2 Å². The third-order valence-electron chi connectivity index (χ3n) is 4.56. The molecule has 1 aromatic heterocycles. The average Bonchev–Trinajstić information content (AvgIpc) is 2.63. The molecule has 2 amide bonds. The quantitative estimate of drug-likeness (QED) is 0.931. The molecule has 5 heteroatoms. The van der Waals surface area contributed by atoms with E-state index in [4.69, 9.17) is 0 Å². The van der Waals surface area contributed by atoms with E-state index in [1.54, 1.807) is 24.5 Å². The summed E-state index contributed by atoms with van der Waals surface area (Å²) in [6.45, 7) is 3.41. The van der Waals surface area contributed by atoms with Crippen LogP contribution in [0.25, 0.3) is 0 Å². The predicted molar refractivity (Wildman–Crippen MR) is 96.2 cm³/mol. The van der Waals surface area contributed by atoms with Crippen LogP contribution in [0.15, 0.2) is 48.8 Å². The Bertz CT molecular complexity index is 738. The molecule has 3 rings (SSSR count). The summed E-state index contributed by atoms with van der Waals surface area (Å²) in [5, 5.41) is 3.05. The molecule has 5 nitrogen and oxygen atoms in total. The highest BCUT2D eigenvalue weighted by molar-refractivity contribution is 5.94. The third-order valence-corrected chi connectivity index (χ3v) is 4.56. The van der Waals surface area contributed by atoms with Gasteiger partial charge in [-0.15, -0.1) is 0 Å². The molecule has 1 fully saturated rings. The molecule has 1 aromatic carbocycles. The molecule has 0 radical (unpaired) electrons. The number of amides is 2. The van der Waals surface area contributed by atoms with Gasteiger partial charge in [0.1, 0.15) is 0 Å². The van der Waals surface area contributed by atoms with Crippen molar-refractivity contribution >= 4 is 11.8 Å². The van der Waals surface area contributed by atoms with Crippen LogP contribution in [0.4, 0.5) is 0 Å². The van der Waals surface area contributed by atoms with Crippen molar-refractivity contribution in [2.24, 2.45) is 0 Å².